The lowest BCUT2D eigenvalue weighted by Gasteiger charge is -2.41. The lowest BCUT2D eigenvalue weighted by atomic mass is 9.74. The standard InChI is InChI=1S/C23H25FN4O3/c1-3-31-21(30)23(14-17-8-4-5-9-18(17)24)10-6-12-27(15-23)20(29)19-16(2)26-22-25-11-7-13-28(19)22/h4-5,7-9,11,13H,3,6,10,12,14-15H2,1-2H3. The number of esters is 1. The van der Waals surface area contributed by atoms with Crippen LogP contribution in [-0.2, 0) is 16.0 Å². The van der Waals surface area contributed by atoms with Gasteiger partial charge in [-0.2, -0.15) is 0 Å². The number of carbonyl (C=O) groups is 2. The number of nitrogens with zero attached hydrogens (tertiary/aromatic N) is 4. The summed E-state index contributed by atoms with van der Waals surface area (Å²) >= 11 is 0. The van der Waals surface area contributed by atoms with Crippen LogP contribution in [0.15, 0.2) is 42.7 Å². The van der Waals surface area contributed by atoms with Gasteiger partial charge in [0.25, 0.3) is 5.91 Å². The minimum Gasteiger partial charge on any atom is -0.466 e. The van der Waals surface area contributed by atoms with E-state index in [1.165, 1.54) is 6.07 Å². The van der Waals surface area contributed by atoms with E-state index in [0.717, 1.165) is 0 Å². The molecule has 3 aromatic rings. The number of piperidine rings is 1. The molecule has 2 aromatic heterocycles. The van der Waals surface area contributed by atoms with Crippen molar-refractivity contribution in [2.45, 2.75) is 33.1 Å². The predicted octanol–water partition coefficient (Wildman–Crippen LogP) is 3.21. The number of fused-ring (bicyclic) bond motifs is 1. The highest BCUT2D eigenvalue weighted by molar-refractivity contribution is 5.95. The molecule has 7 nitrogen and oxygen atoms in total. The van der Waals surface area contributed by atoms with Crippen LogP contribution in [0.2, 0.25) is 0 Å². The maximum Gasteiger partial charge on any atom is 0.314 e. The van der Waals surface area contributed by atoms with Crippen LogP contribution >= 0.6 is 0 Å². The minimum absolute atomic E-state index is 0.159. The van der Waals surface area contributed by atoms with Gasteiger partial charge in [0, 0.05) is 25.5 Å². The molecule has 8 heteroatoms. The number of carbonyl (C=O) groups excluding carboxylic acids is 2. The Bertz CT molecular complexity index is 1130. The number of ether oxygens (including phenoxy) is 1. The fraction of sp³-hybridized carbons (Fsp3) is 0.391. The number of imidazole rings is 1. The van der Waals surface area contributed by atoms with E-state index in [1.807, 2.05) is 0 Å². The van der Waals surface area contributed by atoms with Crippen LogP contribution in [0.25, 0.3) is 5.78 Å². The van der Waals surface area contributed by atoms with Gasteiger partial charge in [0.15, 0.2) is 0 Å². The number of halogens is 1. The summed E-state index contributed by atoms with van der Waals surface area (Å²) in [5.41, 5.74) is 0.442. The number of likely N-dealkylation sites (tertiary alicyclic amines) is 1. The highest BCUT2D eigenvalue weighted by Crippen LogP contribution is 2.36. The molecule has 0 spiro atoms. The lowest BCUT2D eigenvalue weighted by Crippen LogP contribution is -2.52. The van der Waals surface area contributed by atoms with Crippen molar-refractivity contribution in [3.8, 4) is 0 Å². The molecule has 1 aliphatic rings. The van der Waals surface area contributed by atoms with E-state index in [0.29, 0.717) is 42.1 Å². The fourth-order valence-electron chi connectivity index (χ4n) is 4.38. The number of hydrogen-bond donors (Lipinski definition) is 0. The Morgan fingerprint density at radius 3 is 2.84 bits per heavy atom. The molecular weight excluding hydrogens is 399 g/mol. The Hall–Kier alpha value is -3.29. The molecule has 1 aliphatic heterocycles. The van der Waals surface area contributed by atoms with E-state index in [4.69, 9.17) is 4.74 Å². The summed E-state index contributed by atoms with van der Waals surface area (Å²) in [5, 5.41) is 0. The second kappa shape index (κ2) is 8.45. The molecule has 31 heavy (non-hydrogen) atoms. The Morgan fingerprint density at radius 1 is 1.26 bits per heavy atom. The van der Waals surface area contributed by atoms with Gasteiger partial charge in [0.05, 0.1) is 17.7 Å². The van der Waals surface area contributed by atoms with Gasteiger partial charge in [-0.15, -0.1) is 0 Å². The van der Waals surface area contributed by atoms with Crippen LogP contribution in [0.5, 0.6) is 0 Å². The molecule has 0 radical (unpaired) electrons. The van der Waals surface area contributed by atoms with Gasteiger partial charge in [-0.3, -0.25) is 14.0 Å². The van der Waals surface area contributed by atoms with Gasteiger partial charge >= 0.3 is 5.97 Å². The monoisotopic (exact) mass is 424 g/mol. The fourth-order valence-corrected chi connectivity index (χ4v) is 4.38. The Kier molecular flexibility index (Phi) is 5.71. The molecule has 1 atom stereocenters. The smallest absolute Gasteiger partial charge is 0.314 e. The second-order valence-electron chi connectivity index (χ2n) is 7.93. The van der Waals surface area contributed by atoms with E-state index in [-0.39, 0.29) is 31.3 Å². The molecule has 3 heterocycles. The van der Waals surface area contributed by atoms with E-state index >= 15 is 0 Å². The van der Waals surface area contributed by atoms with Gasteiger partial charge in [-0.1, -0.05) is 18.2 Å². The molecule has 0 saturated carbocycles. The second-order valence-corrected chi connectivity index (χ2v) is 7.93. The van der Waals surface area contributed by atoms with Crippen LogP contribution in [0.4, 0.5) is 4.39 Å². The molecule has 1 amide bonds. The summed E-state index contributed by atoms with van der Waals surface area (Å²) in [4.78, 5) is 36.8. The number of aromatic nitrogens is 3. The first kappa shape index (κ1) is 21.0. The third kappa shape index (κ3) is 3.89. The molecule has 1 aromatic carbocycles. The summed E-state index contributed by atoms with van der Waals surface area (Å²) < 4.78 is 21.5. The topological polar surface area (TPSA) is 76.8 Å². The number of aryl methyl sites for hydroxylation is 1. The summed E-state index contributed by atoms with van der Waals surface area (Å²) in [6.45, 7) is 4.40. The largest absolute Gasteiger partial charge is 0.466 e. The van der Waals surface area contributed by atoms with Crippen molar-refractivity contribution in [1.82, 2.24) is 19.3 Å². The summed E-state index contributed by atoms with van der Waals surface area (Å²) in [6, 6.07) is 8.17. The first-order chi connectivity index (χ1) is 14.9. The number of amides is 1. The van der Waals surface area contributed by atoms with Crippen molar-refractivity contribution < 1.29 is 18.7 Å². The molecule has 0 aliphatic carbocycles. The number of hydrogen-bond acceptors (Lipinski definition) is 5. The van der Waals surface area contributed by atoms with E-state index in [1.54, 1.807) is 59.8 Å². The Morgan fingerprint density at radius 2 is 2.06 bits per heavy atom. The van der Waals surface area contributed by atoms with E-state index in [2.05, 4.69) is 9.97 Å². The first-order valence-electron chi connectivity index (χ1n) is 10.4. The van der Waals surface area contributed by atoms with E-state index in [9.17, 15) is 14.0 Å². The van der Waals surface area contributed by atoms with Crippen LogP contribution in [-0.4, -0.2) is 50.8 Å². The molecule has 4 rings (SSSR count). The zero-order valence-corrected chi connectivity index (χ0v) is 17.7. The normalized spacial score (nSPS) is 18.9. The number of benzene rings is 1. The Balaban J connectivity index is 1.68. The van der Waals surface area contributed by atoms with Crippen LogP contribution in [0.1, 0.15) is 41.5 Å². The SMILES string of the molecule is CCOC(=O)C1(Cc2ccccc2F)CCCN(C(=O)c2c(C)nc3ncccn23)C1. The maximum atomic E-state index is 14.4. The van der Waals surface area contributed by atoms with Gasteiger partial charge < -0.3 is 9.64 Å². The summed E-state index contributed by atoms with van der Waals surface area (Å²) in [7, 11) is 0. The molecular formula is C23H25FN4O3. The molecule has 0 bridgehead atoms. The third-order valence-electron chi connectivity index (χ3n) is 5.84. The van der Waals surface area contributed by atoms with Crippen molar-refractivity contribution >= 4 is 17.7 Å². The summed E-state index contributed by atoms with van der Waals surface area (Å²) in [5.74, 6) is -0.533. The molecule has 1 fully saturated rings. The van der Waals surface area contributed by atoms with Crippen molar-refractivity contribution in [2.75, 3.05) is 19.7 Å². The van der Waals surface area contributed by atoms with Gasteiger partial charge in [-0.25, -0.2) is 14.4 Å². The van der Waals surface area contributed by atoms with Crippen molar-refractivity contribution in [1.29, 1.82) is 0 Å². The molecule has 162 valence electrons. The molecule has 1 unspecified atom stereocenters. The molecule has 0 N–H and O–H groups in total. The average molecular weight is 424 g/mol. The van der Waals surface area contributed by atoms with Gasteiger partial charge in [0.1, 0.15) is 11.5 Å². The number of rotatable bonds is 5. The third-order valence-corrected chi connectivity index (χ3v) is 5.84. The Labute approximate surface area is 179 Å². The highest BCUT2D eigenvalue weighted by Gasteiger charge is 2.45. The minimum atomic E-state index is -1.00. The van der Waals surface area contributed by atoms with Gasteiger partial charge in [-0.05, 0) is 50.8 Å². The van der Waals surface area contributed by atoms with Crippen LogP contribution in [0, 0.1) is 18.2 Å². The highest BCUT2D eigenvalue weighted by atomic mass is 19.1. The zero-order chi connectivity index (χ0) is 22.0. The van der Waals surface area contributed by atoms with E-state index < -0.39 is 11.4 Å². The van der Waals surface area contributed by atoms with Crippen molar-refractivity contribution in [3.63, 3.8) is 0 Å². The lowest BCUT2D eigenvalue weighted by molar-refractivity contribution is -0.158. The quantitative estimate of drug-likeness (QED) is 0.588. The average Bonchev–Trinajstić information content (AvgIpc) is 3.11. The van der Waals surface area contributed by atoms with Crippen molar-refractivity contribution in [2.24, 2.45) is 5.41 Å². The zero-order valence-electron chi connectivity index (χ0n) is 17.7. The molecule has 1 saturated heterocycles. The predicted molar refractivity (Wildman–Crippen MR) is 112 cm³/mol. The van der Waals surface area contributed by atoms with Crippen LogP contribution < -0.4 is 0 Å². The van der Waals surface area contributed by atoms with Crippen LogP contribution in [0.3, 0.4) is 0 Å². The summed E-state index contributed by atoms with van der Waals surface area (Å²) in [6.07, 6.45) is 4.69. The van der Waals surface area contributed by atoms with Crippen molar-refractivity contribution in [3.05, 3.63) is 65.5 Å². The first-order valence-corrected chi connectivity index (χ1v) is 10.4. The van der Waals surface area contributed by atoms with Gasteiger partial charge in [0.2, 0.25) is 5.78 Å². The maximum absolute atomic E-state index is 14.4.